The summed E-state index contributed by atoms with van der Waals surface area (Å²) in [6, 6.07) is -0.375. The Labute approximate surface area is 185 Å². The van der Waals surface area contributed by atoms with Crippen molar-refractivity contribution in [1.82, 2.24) is 0 Å². The largest absolute Gasteiger partial charge is 0.394 e. The Hall–Kier alpha value is -2.36. The monoisotopic (exact) mass is 506 g/mol. The fourth-order valence-electron chi connectivity index (χ4n) is 3.33. The molecule has 0 aliphatic rings. The van der Waals surface area contributed by atoms with E-state index in [9.17, 15) is 60.7 Å². The van der Waals surface area contributed by atoms with E-state index in [0.717, 1.165) is 0 Å². The van der Waals surface area contributed by atoms with Crippen molar-refractivity contribution in [3.63, 3.8) is 0 Å². The average molecular weight is 506 g/mol. The Balaban J connectivity index is 2.55. The van der Waals surface area contributed by atoms with Gasteiger partial charge in [0, 0.05) is 36.1 Å². The lowest BCUT2D eigenvalue weighted by Crippen LogP contribution is -2.62. The molecule has 0 saturated heterocycles. The van der Waals surface area contributed by atoms with Crippen LogP contribution in [0.3, 0.4) is 0 Å². The molecule has 0 saturated carbocycles. The highest BCUT2D eigenvalue weighted by Gasteiger charge is 2.50. The van der Waals surface area contributed by atoms with E-state index in [2.05, 4.69) is 0 Å². The fraction of sp³-hybridized carbons (Fsp3) is 0.400. The van der Waals surface area contributed by atoms with E-state index in [4.69, 9.17) is 5.11 Å². The smallest absolute Gasteiger partial charge is 0.165 e. The van der Waals surface area contributed by atoms with Crippen LogP contribution in [0.4, 0.5) is 35.1 Å². The molecule has 190 valence electrons. The minimum absolute atomic E-state index is 0.168. The van der Waals surface area contributed by atoms with Crippen LogP contribution < -0.4 is 0 Å². The van der Waals surface area contributed by atoms with Crippen molar-refractivity contribution in [3.8, 4) is 0 Å². The Morgan fingerprint density at radius 3 is 1.35 bits per heavy atom. The first-order valence-electron chi connectivity index (χ1n) is 9.36. The van der Waals surface area contributed by atoms with Crippen molar-refractivity contribution < 1.29 is 65.8 Å². The molecule has 1 unspecified atom stereocenters. The summed E-state index contributed by atoms with van der Waals surface area (Å²) in [6.07, 6.45) is -14.1. The highest BCUT2D eigenvalue weighted by molar-refractivity contribution is 5.27. The van der Waals surface area contributed by atoms with Crippen LogP contribution in [-0.2, 0) is 12.8 Å². The summed E-state index contributed by atoms with van der Waals surface area (Å²) in [6.45, 7) is -1.35. The molecule has 0 radical (unpaired) electrons. The molecule has 2 aromatic rings. The molecule has 6 nitrogen and oxygen atoms in total. The average Bonchev–Trinajstić information content (AvgIpc) is 2.80. The molecule has 2 aromatic carbocycles. The molecule has 0 bridgehead atoms. The topological polar surface area (TPSA) is 121 Å². The van der Waals surface area contributed by atoms with Crippen molar-refractivity contribution in [1.29, 1.82) is 0 Å². The first-order valence-corrected chi connectivity index (χ1v) is 9.36. The molecule has 14 heteroatoms. The Kier molecular flexibility index (Phi) is 8.61. The Morgan fingerprint density at radius 1 is 0.618 bits per heavy atom. The summed E-state index contributed by atoms with van der Waals surface area (Å²) in [4.78, 5) is 0. The van der Waals surface area contributed by atoms with Crippen molar-refractivity contribution in [2.75, 3.05) is 6.61 Å². The van der Waals surface area contributed by atoms with Gasteiger partial charge >= 0.3 is 0 Å². The molecule has 2 rings (SSSR count). The van der Waals surface area contributed by atoms with Crippen LogP contribution in [0.2, 0.25) is 0 Å². The number of aliphatic hydroxyl groups is 6. The zero-order valence-corrected chi connectivity index (χ0v) is 16.8. The molecule has 0 aliphatic carbocycles. The second-order valence-electron chi connectivity index (χ2n) is 7.47. The van der Waals surface area contributed by atoms with E-state index in [1.54, 1.807) is 0 Å². The fourth-order valence-corrected chi connectivity index (χ4v) is 3.33. The summed E-state index contributed by atoms with van der Waals surface area (Å²) >= 11 is 0. The minimum atomic E-state index is -3.55. The SMILES string of the molecule is OC[C@H](O)[C@@H](O)[C@@](O)(Cc1c(F)c(F)cc(F)c1F)[C@H](O)C(O)Cc1c(F)c(F)cc(F)c1F. The van der Waals surface area contributed by atoms with Gasteiger partial charge in [0.2, 0.25) is 0 Å². The number of rotatable bonds is 9. The second kappa shape index (κ2) is 10.5. The standard InChI is InChI=1S/C20H18F8O6/c21-8-2-9(22)15(26)6(14(8)25)1-12(30)18(32)20(34,19(33)13(31)5-29)4-7-16(27)10(23)3-11(24)17(7)28/h2-3,12-13,18-19,29-34H,1,4-5H2/t12?,13-,18+,19+,20+/m0/s1. The van der Waals surface area contributed by atoms with Gasteiger partial charge in [-0.25, -0.2) is 35.1 Å². The summed E-state index contributed by atoms with van der Waals surface area (Å²) in [7, 11) is 0. The van der Waals surface area contributed by atoms with Gasteiger partial charge in [-0.1, -0.05) is 0 Å². The van der Waals surface area contributed by atoms with E-state index in [1.165, 1.54) is 0 Å². The van der Waals surface area contributed by atoms with Gasteiger partial charge < -0.3 is 30.6 Å². The molecule has 6 N–H and O–H groups in total. The van der Waals surface area contributed by atoms with Gasteiger partial charge in [-0.15, -0.1) is 0 Å². The summed E-state index contributed by atoms with van der Waals surface area (Å²) in [5.74, 6) is -16.0. The van der Waals surface area contributed by atoms with Crippen LogP contribution in [-0.4, -0.2) is 67.3 Å². The molecular formula is C20H18F8O6. The van der Waals surface area contributed by atoms with Crippen LogP contribution >= 0.6 is 0 Å². The van der Waals surface area contributed by atoms with Gasteiger partial charge in [0.05, 0.1) is 12.7 Å². The van der Waals surface area contributed by atoms with Crippen LogP contribution in [0.25, 0.3) is 0 Å². The van der Waals surface area contributed by atoms with E-state index in [0.29, 0.717) is 0 Å². The predicted molar refractivity (Wildman–Crippen MR) is 96.0 cm³/mol. The van der Waals surface area contributed by atoms with Crippen molar-refractivity contribution >= 4 is 0 Å². The molecule has 0 spiro atoms. The summed E-state index contributed by atoms with van der Waals surface area (Å²) in [5, 5.41) is 60.2. The van der Waals surface area contributed by atoms with Crippen LogP contribution in [0.5, 0.6) is 0 Å². The van der Waals surface area contributed by atoms with Gasteiger partial charge in [-0.2, -0.15) is 0 Å². The van der Waals surface area contributed by atoms with E-state index >= 15 is 0 Å². The molecule has 0 fully saturated rings. The molecule has 0 heterocycles. The van der Waals surface area contributed by atoms with Gasteiger partial charge in [0.25, 0.3) is 0 Å². The first kappa shape index (κ1) is 27.9. The lowest BCUT2D eigenvalue weighted by Gasteiger charge is -2.40. The van der Waals surface area contributed by atoms with Crippen LogP contribution in [0.15, 0.2) is 12.1 Å². The second-order valence-corrected chi connectivity index (χ2v) is 7.47. The Bertz CT molecular complexity index is 1000. The lowest BCUT2D eigenvalue weighted by atomic mass is 9.78. The van der Waals surface area contributed by atoms with Crippen molar-refractivity contribution in [2.45, 2.75) is 42.9 Å². The number of aliphatic hydroxyl groups excluding tert-OH is 5. The zero-order chi connectivity index (χ0) is 26.1. The maximum absolute atomic E-state index is 14.1. The van der Waals surface area contributed by atoms with E-state index in [-0.39, 0.29) is 12.1 Å². The van der Waals surface area contributed by atoms with Gasteiger partial charge in [0.15, 0.2) is 46.5 Å². The molecule has 0 aromatic heterocycles. The predicted octanol–water partition coefficient (Wildman–Crippen LogP) is 0.752. The van der Waals surface area contributed by atoms with Crippen LogP contribution in [0, 0.1) is 46.5 Å². The Morgan fingerprint density at radius 2 is 0.971 bits per heavy atom. The normalized spacial score (nSPS) is 17.2. The number of benzene rings is 2. The summed E-state index contributed by atoms with van der Waals surface area (Å²) < 4.78 is 110. The number of halogens is 8. The molecule has 34 heavy (non-hydrogen) atoms. The van der Waals surface area contributed by atoms with Crippen molar-refractivity contribution in [3.05, 3.63) is 69.8 Å². The van der Waals surface area contributed by atoms with Crippen LogP contribution in [0.1, 0.15) is 11.1 Å². The first-order chi connectivity index (χ1) is 15.7. The third kappa shape index (κ3) is 5.16. The maximum atomic E-state index is 14.1. The molecule has 5 atom stereocenters. The van der Waals surface area contributed by atoms with E-state index < -0.39 is 107 Å². The molecule has 0 amide bonds. The zero-order valence-electron chi connectivity index (χ0n) is 16.8. The highest BCUT2D eigenvalue weighted by atomic mass is 19.2. The van der Waals surface area contributed by atoms with E-state index in [1.807, 2.05) is 0 Å². The maximum Gasteiger partial charge on any atom is 0.165 e. The van der Waals surface area contributed by atoms with Gasteiger partial charge in [-0.3, -0.25) is 0 Å². The number of hydrogen-bond donors (Lipinski definition) is 6. The minimum Gasteiger partial charge on any atom is -0.394 e. The van der Waals surface area contributed by atoms with Gasteiger partial charge in [-0.05, 0) is 0 Å². The lowest BCUT2D eigenvalue weighted by molar-refractivity contribution is -0.204. The molecule has 0 aliphatic heterocycles. The van der Waals surface area contributed by atoms with Gasteiger partial charge in [0.1, 0.15) is 23.9 Å². The number of hydrogen-bond acceptors (Lipinski definition) is 6. The quantitative estimate of drug-likeness (QED) is 0.221. The third-order valence-corrected chi connectivity index (χ3v) is 5.22. The molecular weight excluding hydrogens is 488 g/mol. The highest BCUT2D eigenvalue weighted by Crippen LogP contribution is 2.32. The summed E-state index contributed by atoms with van der Waals surface area (Å²) in [5.41, 5.74) is -6.65. The third-order valence-electron chi connectivity index (χ3n) is 5.22. The van der Waals surface area contributed by atoms with Crippen molar-refractivity contribution in [2.24, 2.45) is 0 Å².